The van der Waals surface area contributed by atoms with Crippen molar-refractivity contribution in [1.82, 2.24) is 0 Å². The van der Waals surface area contributed by atoms with E-state index in [-0.39, 0.29) is 14.9 Å². The summed E-state index contributed by atoms with van der Waals surface area (Å²) in [7, 11) is -4.77. The van der Waals surface area contributed by atoms with Gasteiger partial charge in [0.2, 0.25) is 0 Å². The van der Waals surface area contributed by atoms with Gasteiger partial charge in [-0.25, -0.2) is 0 Å². The number of benzene rings is 1. The van der Waals surface area contributed by atoms with Crippen LogP contribution in [0, 0.1) is 0 Å². The molecule has 1 aromatic rings. The Morgan fingerprint density at radius 2 is 1.62 bits per heavy atom. The van der Waals surface area contributed by atoms with Crippen molar-refractivity contribution in [3.8, 4) is 0 Å². The van der Waals surface area contributed by atoms with Crippen LogP contribution in [0.25, 0.3) is 0 Å². The van der Waals surface area contributed by atoms with Crippen molar-refractivity contribution in [2.75, 3.05) is 0 Å². The van der Waals surface area contributed by atoms with E-state index < -0.39 is 15.1 Å². The van der Waals surface area contributed by atoms with Crippen LogP contribution in [0.15, 0.2) is 21.9 Å². The second-order valence-electron chi connectivity index (χ2n) is 2.17. The highest BCUT2D eigenvalue weighted by atomic mass is 35.5. The van der Waals surface area contributed by atoms with Gasteiger partial charge in [0.15, 0.2) is 0 Å². The van der Waals surface area contributed by atoms with E-state index >= 15 is 0 Å². The van der Waals surface area contributed by atoms with Crippen molar-refractivity contribution >= 4 is 46.1 Å². The standard InChI is InChI=1S/C6H3Cl2FO2S2/c7-4-1-3(13(9,10)11)2-5(8)6(4)12/h1-2,12H. The van der Waals surface area contributed by atoms with Crippen molar-refractivity contribution < 1.29 is 12.3 Å². The molecule has 2 nitrogen and oxygen atoms in total. The lowest BCUT2D eigenvalue weighted by Gasteiger charge is -2.01. The van der Waals surface area contributed by atoms with E-state index in [9.17, 15) is 12.3 Å². The Hall–Kier alpha value is 0.0300. The normalized spacial score (nSPS) is 11.7. The van der Waals surface area contributed by atoms with Gasteiger partial charge in [-0.1, -0.05) is 23.2 Å². The van der Waals surface area contributed by atoms with Gasteiger partial charge in [-0.2, -0.15) is 8.42 Å². The van der Waals surface area contributed by atoms with Crippen LogP contribution in [0.3, 0.4) is 0 Å². The molecule has 72 valence electrons. The molecule has 0 aromatic heterocycles. The molecule has 0 heterocycles. The van der Waals surface area contributed by atoms with Crippen molar-refractivity contribution in [2.24, 2.45) is 0 Å². The first-order valence-corrected chi connectivity index (χ1v) is 5.53. The highest BCUT2D eigenvalue weighted by molar-refractivity contribution is 7.86. The number of hydrogen-bond donors (Lipinski definition) is 1. The number of rotatable bonds is 1. The Balaban J connectivity index is 3.47. The fraction of sp³-hybridized carbons (Fsp3) is 0. The predicted molar refractivity (Wildman–Crippen MR) is 52.0 cm³/mol. The monoisotopic (exact) mass is 260 g/mol. The van der Waals surface area contributed by atoms with E-state index in [1.165, 1.54) is 0 Å². The topological polar surface area (TPSA) is 34.1 Å². The summed E-state index contributed by atoms with van der Waals surface area (Å²) in [4.78, 5) is -0.351. The maximum atomic E-state index is 12.4. The molecule has 1 aromatic carbocycles. The molecule has 0 radical (unpaired) electrons. The summed E-state index contributed by atoms with van der Waals surface area (Å²) < 4.78 is 33.3. The molecule has 0 amide bonds. The van der Waals surface area contributed by atoms with E-state index in [2.05, 4.69) is 12.6 Å². The van der Waals surface area contributed by atoms with Crippen LogP contribution in [0.5, 0.6) is 0 Å². The third kappa shape index (κ3) is 2.49. The third-order valence-electron chi connectivity index (χ3n) is 1.27. The molecule has 0 aliphatic carbocycles. The Morgan fingerprint density at radius 3 is 1.92 bits per heavy atom. The van der Waals surface area contributed by atoms with Crippen LogP contribution in [0.1, 0.15) is 0 Å². The van der Waals surface area contributed by atoms with Crippen LogP contribution in [-0.4, -0.2) is 8.42 Å². The number of hydrogen-bond acceptors (Lipinski definition) is 3. The van der Waals surface area contributed by atoms with Crippen molar-refractivity contribution in [2.45, 2.75) is 9.79 Å². The lowest BCUT2D eigenvalue weighted by atomic mass is 10.4. The van der Waals surface area contributed by atoms with Crippen LogP contribution < -0.4 is 0 Å². The average Bonchev–Trinajstić information content (AvgIpc) is 1.97. The summed E-state index contributed by atoms with van der Waals surface area (Å²) in [5.74, 6) is 0. The fourth-order valence-electron chi connectivity index (χ4n) is 0.683. The summed E-state index contributed by atoms with van der Waals surface area (Å²) in [5.41, 5.74) is 0. The van der Waals surface area contributed by atoms with Crippen LogP contribution in [0.2, 0.25) is 10.0 Å². The lowest BCUT2D eigenvalue weighted by Crippen LogP contribution is -1.92. The van der Waals surface area contributed by atoms with E-state index in [0.29, 0.717) is 0 Å². The Bertz CT molecular complexity index is 421. The molecule has 13 heavy (non-hydrogen) atoms. The molecule has 0 N–H and O–H groups in total. The Labute approximate surface area is 90.3 Å². The second-order valence-corrected chi connectivity index (χ2v) is 4.78. The van der Waals surface area contributed by atoms with Crippen molar-refractivity contribution in [3.05, 3.63) is 22.2 Å². The molecule has 0 atom stereocenters. The van der Waals surface area contributed by atoms with E-state index in [1.807, 2.05) is 0 Å². The molecule has 7 heteroatoms. The lowest BCUT2D eigenvalue weighted by molar-refractivity contribution is 0.552. The summed E-state index contributed by atoms with van der Waals surface area (Å²) in [6.07, 6.45) is 0. The Morgan fingerprint density at radius 1 is 1.23 bits per heavy atom. The van der Waals surface area contributed by atoms with Crippen molar-refractivity contribution in [1.29, 1.82) is 0 Å². The van der Waals surface area contributed by atoms with Gasteiger partial charge in [0.1, 0.15) is 4.90 Å². The zero-order valence-electron chi connectivity index (χ0n) is 5.96. The SMILES string of the molecule is O=S(=O)(F)c1cc(Cl)c(S)c(Cl)c1. The number of halogens is 3. The maximum Gasteiger partial charge on any atom is 0.332 e. The molecule has 0 fully saturated rings. The molecule has 0 spiro atoms. The van der Waals surface area contributed by atoms with Crippen molar-refractivity contribution in [3.63, 3.8) is 0 Å². The first-order chi connectivity index (χ1) is 5.82. The van der Waals surface area contributed by atoms with Crippen LogP contribution in [0.4, 0.5) is 3.89 Å². The maximum absolute atomic E-state index is 12.4. The average molecular weight is 261 g/mol. The summed E-state index contributed by atoms with van der Waals surface area (Å²) in [6.45, 7) is 0. The summed E-state index contributed by atoms with van der Waals surface area (Å²) in [6, 6.07) is 1.90. The van der Waals surface area contributed by atoms with E-state index in [0.717, 1.165) is 12.1 Å². The smallest absolute Gasteiger partial charge is 0.189 e. The third-order valence-corrected chi connectivity index (χ3v) is 3.41. The van der Waals surface area contributed by atoms with Gasteiger partial charge in [-0.05, 0) is 12.1 Å². The van der Waals surface area contributed by atoms with Gasteiger partial charge in [-0.3, -0.25) is 0 Å². The van der Waals surface area contributed by atoms with Gasteiger partial charge in [0.05, 0.1) is 10.0 Å². The molecular formula is C6H3Cl2FO2S2. The second kappa shape index (κ2) is 3.65. The number of thiol groups is 1. The highest BCUT2D eigenvalue weighted by Gasteiger charge is 2.15. The minimum Gasteiger partial charge on any atom is -0.189 e. The predicted octanol–water partition coefficient (Wildman–Crippen LogP) is 2.94. The first-order valence-electron chi connectivity index (χ1n) is 2.95. The first kappa shape index (κ1) is 11.1. The minimum absolute atomic E-state index is 0.00735. The van der Waals surface area contributed by atoms with Gasteiger partial charge < -0.3 is 0 Å². The van der Waals surface area contributed by atoms with E-state index in [4.69, 9.17) is 23.2 Å². The molecule has 0 saturated carbocycles. The van der Waals surface area contributed by atoms with Gasteiger partial charge in [0, 0.05) is 4.90 Å². The molecule has 0 aliphatic heterocycles. The largest absolute Gasteiger partial charge is 0.332 e. The van der Waals surface area contributed by atoms with E-state index in [1.54, 1.807) is 0 Å². The molecule has 0 saturated heterocycles. The zero-order valence-corrected chi connectivity index (χ0v) is 9.18. The van der Waals surface area contributed by atoms with Gasteiger partial charge in [-0.15, -0.1) is 16.5 Å². The molecule has 0 aliphatic rings. The molecule has 0 bridgehead atoms. The van der Waals surface area contributed by atoms with Gasteiger partial charge >= 0.3 is 10.2 Å². The van der Waals surface area contributed by atoms with Crippen LogP contribution in [-0.2, 0) is 10.2 Å². The molecule has 1 rings (SSSR count). The highest BCUT2D eigenvalue weighted by Crippen LogP contribution is 2.31. The molecular weight excluding hydrogens is 258 g/mol. The fourth-order valence-corrected chi connectivity index (χ4v) is 1.95. The quantitative estimate of drug-likeness (QED) is 0.623. The summed E-state index contributed by atoms with van der Waals surface area (Å²) >= 11 is 14.9. The minimum atomic E-state index is -4.77. The van der Waals surface area contributed by atoms with Crippen LogP contribution >= 0.6 is 35.8 Å². The Kier molecular flexibility index (Phi) is 3.12. The molecule has 0 unspecified atom stereocenters. The summed E-state index contributed by atoms with van der Waals surface area (Å²) in [5, 5.41) is -0.0147. The zero-order chi connectivity index (χ0) is 10.2. The van der Waals surface area contributed by atoms with Gasteiger partial charge in [0.25, 0.3) is 0 Å².